The summed E-state index contributed by atoms with van der Waals surface area (Å²) in [6.07, 6.45) is 0.190. The van der Waals surface area contributed by atoms with E-state index in [2.05, 4.69) is 0 Å². The molecule has 1 fully saturated rings. The molecule has 0 unspecified atom stereocenters. The van der Waals surface area contributed by atoms with E-state index in [4.69, 9.17) is 17.8 Å². The van der Waals surface area contributed by atoms with Crippen LogP contribution in [0.3, 0.4) is 0 Å². The molecule has 3 aromatic carbocycles. The molecule has 0 aliphatic carbocycles. The molecule has 5 rings (SSSR count). The van der Waals surface area contributed by atoms with Crippen molar-refractivity contribution in [2.24, 2.45) is 7.05 Å². The molecule has 2 heterocycles. The Hall–Kier alpha value is -4.89. The molecule has 2 amide bonds. The van der Waals surface area contributed by atoms with Crippen LogP contribution < -0.4 is 4.57 Å². The number of imide groups is 1. The summed E-state index contributed by atoms with van der Waals surface area (Å²) in [6.45, 7) is 0. The van der Waals surface area contributed by atoms with Gasteiger partial charge in [-0.25, -0.2) is 18.0 Å². The molecule has 230 valence electrons. The number of carbonyl (C=O) groups is 4. The molecule has 11 nitrogen and oxygen atoms in total. The number of carbonyl (C=O) groups excluding carboxylic acids is 3. The first-order valence-corrected chi connectivity index (χ1v) is 14.3. The maximum absolute atomic E-state index is 12.6. The third-order valence-electron chi connectivity index (χ3n) is 6.76. The van der Waals surface area contributed by atoms with E-state index in [0.717, 1.165) is 22.2 Å². The smallest absolute Gasteiger partial charge is 0.485 e. The standard InChI is InChI=1S/C28H22N2O6.CHF3O3S/c1-29-21-10-6-5-9-20(21)26(28(34)35)25-19(17-7-3-2-4-8-17)13-11-18(27(25)29)12-16-24(33)36-30-22(31)14-15-23(30)32;2-1(3,4)8(5,6)7/h2-11,13H,12,14-16H2,1H3;(H,5,6,7). The Labute approximate surface area is 247 Å². The monoisotopic (exact) mass is 632 g/mol. The lowest BCUT2D eigenvalue weighted by molar-refractivity contribution is -0.618. The maximum Gasteiger partial charge on any atom is 0.485 e. The van der Waals surface area contributed by atoms with E-state index in [9.17, 15) is 37.5 Å². The van der Waals surface area contributed by atoms with Crippen molar-refractivity contribution in [3.05, 3.63) is 77.9 Å². The predicted octanol–water partition coefficient (Wildman–Crippen LogP) is 3.77. The van der Waals surface area contributed by atoms with Crippen LogP contribution in [0.1, 0.15) is 35.2 Å². The quantitative estimate of drug-likeness (QED) is 0.110. The number of aromatic carboxylic acids is 1. The molecule has 15 heteroatoms. The summed E-state index contributed by atoms with van der Waals surface area (Å²) in [5.74, 6) is -2.82. The summed E-state index contributed by atoms with van der Waals surface area (Å²) in [5, 5.41) is 12.0. The Kier molecular flexibility index (Phi) is 9.01. The number of nitrogens with zero attached hydrogens (tertiary/aromatic N) is 2. The second kappa shape index (κ2) is 12.4. The number of halogens is 3. The molecule has 4 aromatic rings. The Bertz CT molecular complexity index is 1890. The molecule has 1 saturated heterocycles. The lowest BCUT2D eigenvalue weighted by Gasteiger charge is -2.15. The molecule has 44 heavy (non-hydrogen) atoms. The zero-order valence-corrected chi connectivity index (χ0v) is 23.6. The predicted molar refractivity (Wildman–Crippen MR) is 146 cm³/mol. The van der Waals surface area contributed by atoms with E-state index in [1.165, 1.54) is 0 Å². The number of pyridine rings is 1. The highest BCUT2D eigenvalue weighted by atomic mass is 32.2. The minimum atomic E-state index is -6.09. The highest BCUT2D eigenvalue weighted by molar-refractivity contribution is 7.86. The Morgan fingerprint density at radius 1 is 0.977 bits per heavy atom. The fourth-order valence-corrected chi connectivity index (χ4v) is 4.83. The highest BCUT2D eigenvalue weighted by Gasteiger charge is 2.37. The fraction of sp³-hybridized carbons (Fsp3) is 0.207. The van der Waals surface area contributed by atoms with E-state index in [1.54, 1.807) is 6.07 Å². The first-order chi connectivity index (χ1) is 20.6. The largest absolute Gasteiger partial charge is 0.741 e. The number of aromatic nitrogens is 1. The van der Waals surface area contributed by atoms with E-state index in [1.807, 2.05) is 72.3 Å². The molecule has 1 N–H and O–H groups in total. The van der Waals surface area contributed by atoms with Crippen LogP contribution in [0.5, 0.6) is 0 Å². The normalized spacial score (nSPS) is 13.6. The number of para-hydroxylation sites is 1. The molecule has 0 radical (unpaired) electrons. The summed E-state index contributed by atoms with van der Waals surface area (Å²) in [4.78, 5) is 53.7. The van der Waals surface area contributed by atoms with Crippen LogP contribution in [0.2, 0.25) is 0 Å². The zero-order valence-electron chi connectivity index (χ0n) is 22.8. The SMILES string of the molecule is C[n+]1c2ccccc2c(C(=O)O)c2c(-c3ccccc3)ccc(CCC(=O)ON3C(=O)CCC3=O)c21.O=S(=O)([O-])C(F)(F)F. The van der Waals surface area contributed by atoms with Crippen LogP contribution in [0.4, 0.5) is 13.2 Å². The number of amides is 2. The van der Waals surface area contributed by atoms with Gasteiger partial charge in [0.1, 0.15) is 7.05 Å². The number of alkyl halides is 3. The third-order valence-corrected chi connectivity index (χ3v) is 7.33. The van der Waals surface area contributed by atoms with Gasteiger partial charge in [0.15, 0.2) is 10.1 Å². The van der Waals surface area contributed by atoms with E-state index < -0.39 is 39.4 Å². The van der Waals surface area contributed by atoms with Gasteiger partial charge in [0, 0.05) is 24.5 Å². The van der Waals surface area contributed by atoms with Gasteiger partial charge in [0.25, 0.3) is 11.8 Å². The number of hydrogen-bond donors (Lipinski definition) is 1. The van der Waals surface area contributed by atoms with Gasteiger partial charge in [-0.1, -0.05) is 54.6 Å². The Morgan fingerprint density at radius 3 is 2.11 bits per heavy atom. The van der Waals surface area contributed by atoms with Crippen LogP contribution in [-0.2, 0) is 42.8 Å². The van der Waals surface area contributed by atoms with Gasteiger partial charge < -0.3 is 14.5 Å². The molecule has 1 aromatic heterocycles. The van der Waals surface area contributed by atoms with Crippen molar-refractivity contribution in [3.63, 3.8) is 0 Å². The molecular formula is C29H23F3N2O9S. The first kappa shape index (κ1) is 32.0. The average molecular weight is 633 g/mol. The summed E-state index contributed by atoms with van der Waals surface area (Å²) in [6, 6.07) is 20.6. The topological polar surface area (TPSA) is 162 Å². The van der Waals surface area contributed by atoms with Crippen molar-refractivity contribution in [2.75, 3.05) is 0 Å². The van der Waals surface area contributed by atoms with E-state index in [-0.39, 0.29) is 31.2 Å². The number of carboxylic acid groups (broad SMARTS) is 1. The first-order valence-electron chi connectivity index (χ1n) is 12.9. The number of benzene rings is 3. The minimum Gasteiger partial charge on any atom is -0.741 e. The van der Waals surface area contributed by atoms with Crippen molar-refractivity contribution in [2.45, 2.75) is 31.2 Å². The van der Waals surface area contributed by atoms with Gasteiger partial charge in [0.2, 0.25) is 11.0 Å². The van der Waals surface area contributed by atoms with Crippen LogP contribution in [0.25, 0.3) is 32.9 Å². The third kappa shape index (κ3) is 6.53. The summed E-state index contributed by atoms with van der Waals surface area (Å²) in [7, 11) is -4.22. The molecule has 0 saturated carbocycles. The van der Waals surface area contributed by atoms with E-state index >= 15 is 0 Å². The van der Waals surface area contributed by atoms with Crippen LogP contribution in [-0.4, -0.2) is 52.4 Å². The maximum atomic E-state index is 12.6. The lowest BCUT2D eigenvalue weighted by Crippen LogP contribution is -2.33. The number of fused-ring (bicyclic) bond motifs is 2. The van der Waals surface area contributed by atoms with Crippen LogP contribution in [0, 0.1) is 0 Å². The second-order valence-electron chi connectivity index (χ2n) is 9.56. The van der Waals surface area contributed by atoms with Crippen molar-refractivity contribution in [1.29, 1.82) is 0 Å². The second-order valence-corrected chi connectivity index (χ2v) is 10.9. The fourth-order valence-electron chi connectivity index (χ4n) is 4.83. The van der Waals surface area contributed by atoms with Crippen molar-refractivity contribution in [1.82, 2.24) is 5.06 Å². The molecule has 0 atom stereocenters. The lowest BCUT2D eigenvalue weighted by atomic mass is 9.91. The molecule has 0 spiro atoms. The van der Waals surface area contributed by atoms with Gasteiger partial charge in [0.05, 0.1) is 22.8 Å². The minimum absolute atomic E-state index is 0.0264. The Balaban J connectivity index is 0.000000488. The summed E-state index contributed by atoms with van der Waals surface area (Å²) >= 11 is 0. The molecule has 1 aliphatic heterocycles. The van der Waals surface area contributed by atoms with E-state index in [0.29, 0.717) is 21.4 Å². The van der Waals surface area contributed by atoms with Crippen LogP contribution in [0.15, 0.2) is 66.7 Å². The van der Waals surface area contributed by atoms with Crippen molar-refractivity contribution < 1.29 is 59.8 Å². The number of carboxylic acids is 1. The highest BCUT2D eigenvalue weighted by Crippen LogP contribution is 2.35. The molecule has 0 bridgehead atoms. The van der Waals surface area contributed by atoms with Crippen molar-refractivity contribution >= 4 is 55.7 Å². The van der Waals surface area contributed by atoms with Gasteiger partial charge in [-0.2, -0.15) is 17.7 Å². The van der Waals surface area contributed by atoms with Crippen molar-refractivity contribution in [3.8, 4) is 11.1 Å². The van der Waals surface area contributed by atoms with Crippen LogP contribution >= 0.6 is 0 Å². The Morgan fingerprint density at radius 2 is 1.55 bits per heavy atom. The number of hydrogen-bond acceptors (Lipinski definition) is 8. The van der Waals surface area contributed by atoms with Gasteiger partial charge in [-0.15, -0.1) is 5.06 Å². The van der Waals surface area contributed by atoms with Gasteiger partial charge >= 0.3 is 17.4 Å². The molecule has 1 aliphatic rings. The summed E-state index contributed by atoms with van der Waals surface area (Å²) < 4.78 is 60.8. The average Bonchev–Trinajstić information content (AvgIpc) is 3.27. The van der Waals surface area contributed by atoms with Gasteiger partial charge in [-0.3, -0.25) is 9.59 Å². The molecular weight excluding hydrogens is 609 g/mol. The zero-order chi connectivity index (χ0) is 32.4. The number of rotatable bonds is 6. The summed E-state index contributed by atoms with van der Waals surface area (Å²) in [5.41, 5.74) is -1.64. The number of aryl methyl sites for hydroxylation is 2. The number of hydroxylamine groups is 2. The van der Waals surface area contributed by atoms with Gasteiger partial charge in [-0.05, 0) is 23.6 Å².